The van der Waals surface area contributed by atoms with Gasteiger partial charge in [-0.15, -0.1) is 0 Å². The number of piperidine rings is 2. The number of hydrogen-bond acceptors (Lipinski definition) is 2. The summed E-state index contributed by atoms with van der Waals surface area (Å²) in [6, 6.07) is 2.35. The third kappa shape index (κ3) is 2.73. The predicted molar refractivity (Wildman–Crippen MR) is 65.1 cm³/mol. The molecule has 0 aromatic heterocycles. The zero-order valence-corrected chi connectivity index (χ0v) is 10.5. The maximum Gasteiger partial charge on any atom is 0.0224 e. The Balaban J connectivity index is 1.90. The van der Waals surface area contributed by atoms with Crippen LogP contribution < -0.4 is 5.32 Å². The standard InChI is InChI=1S/C13H26N2/c1-10-4-6-12(3)15(9-10)13-7-5-11(2)14-8-13/h10-14H,4-9H2,1-3H3. The van der Waals surface area contributed by atoms with Gasteiger partial charge in [0, 0.05) is 31.2 Å². The van der Waals surface area contributed by atoms with Gasteiger partial charge in [-0.3, -0.25) is 4.90 Å². The Hall–Kier alpha value is -0.0800. The van der Waals surface area contributed by atoms with Crippen LogP contribution in [0.15, 0.2) is 0 Å². The van der Waals surface area contributed by atoms with Crippen LogP contribution in [0.3, 0.4) is 0 Å². The fraction of sp³-hybridized carbons (Fsp3) is 1.00. The molecular weight excluding hydrogens is 184 g/mol. The zero-order chi connectivity index (χ0) is 10.8. The Morgan fingerprint density at radius 3 is 2.47 bits per heavy atom. The lowest BCUT2D eigenvalue weighted by Gasteiger charge is -2.44. The number of nitrogens with one attached hydrogen (secondary N) is 1. The van der Waals surface area contributed by atoms with Gasteiger partial charge in [-0.2, -0.15) is 0 Å². The normalized spacial score (nSPS) is 44.2. The Morgan fingerprint density at radius 1 is 1.00 bits per heavy atom. The topological polar surface area (TPSA) is 15.3 Å². The largest absolute Gasteiger partial charge is 0.313 e. The smallest absolute Gasteiger partial charge is 0.0224 e. The third-order valence-corrected chi connectivity index (χ3v) is 4.27. The van der Waals surface area contributed by atoms with Crippen molar-refractivity contribution in [1.29, 1.82) is 0 Å². The van der Waals surface area contributed by atoms with Crippen LogP contribution in [0, 0.1) is 5.92 Å². The van der Waals surface area contributed by atoms with Crippen molar-refractivity contribution in [3.8, 4) is 0 Å². The van der Waals surface area contributed by atoms with E-state index in [4.69, 9.17) is 0 Å². The van der Waals surface area contributed by atoms with Crippen molar-refractivity contribution in [3.63, 3.8) is 0 Å². The average molecular weight is 210 g/mol. The SMILES string of the molecule is CC1CCC(C)N(C2CCC(C)NC2)C1. The summed E-state index contributed by atoms with van der Waals surface area (Å²) in [6.45, 7) is 9.64. The van der Waals surface area contributed by atoms with E-state index in [0.29, 0.717) is 0 Å². The second-order valence-corrected chi connectivity index (χ2v) is 5.77. The molecule has 0 aromatic carbocycles. The van der Waals surface area contributed by atoms with E-state index in [1.807, 2.05) is 0 Å². The molecule has 0 spiro atoms. The Bertz CT molecular complexity index is 197. The van der Waals surface area contributed by atoms with Crippen LogP contribution >= 0.6 is 0 Å². The molecule has 0 radical (unpaired) electrons. The summed E-state index contributed by atoms with van der Waals surface area (Å²) in [7, 11) is 0. The van der Waals surface area contributed by atoms with Gasteiger partial charge in [0.2, 0.25) is 0 Å². The Labute approximate surface area is 94.4 Å². The summed E-state index contributed by atoms with van der Waals surface area (Å²) in [5.74, 6) is 0.903. The van der Waals surface area contributed by atoms with E-state index in [1.54, 1.807) is 0 Å². The minimum absolute atomic E-state index is 0.735. The van der Waals surface area contributed by atoms with E-state index in [0.717, 1.165) is 24.0 Å². The van der Waals surface area contributed by atoms with Crippen LogP contribution in [0.5, 0.6) is 0 Å². The summed E-state index contributed by atoms with van der Waals surface area (Å²) in [6.07, 6.45) is 5.56. The molecule has 1 N–H and O–H groups in total. The van der Waals surface area contributed by atoms with Crippen molar-refractivity contribution in [2.45, 2.75) is 64.6 Å². The highest BCUT2D eigenvalue weighted by atomic mass is 15.2. The molecule has 0 amide bonds. The molecule has 2 fully saturated rings. The molecule has 0 saturated carbocycles. The molecule has 2 aliphatic heterocycles. The van der Waals surface area contributed by atoms with Crippen LogP contribution in [-0.2, 0) is 0 Å². The van der Waals surface area contributed by atoms with Crippen molar-refractivity contribution < 1.29 is 0 Å². The van der Waals surface area contributed by atoms with E-state index in [9.17, 15) is 0 Å². The molecular formula is C13H26N2. The molecule has 88 valence electrons. The molecule has 0 aliphatic carbocycles. The quantitative estimate of drug-likeness (QED) is 0.714. The molecule has 2 heteroatoms. The molecule has 2 saturated heterocycles. The van der Waals surface area contributed by atoms with Crippen LogP contribution in [0.25, 0.3) is 0 Å². The zero-order valence-electron chi connectivity index (χ0n) is 10.5. The van der Waals surface area contributed by atoms with Crippen molar-refractivity contribution in [1.82, 2.24) is 10.2 Å². The monoisotopic (exact) mass is 210 g/mol. The molecule has 4 unspecified atom stereocenters. The van der Waals surface area contributed by atoms with Gasteiger partial charge in [-0.1, -0.05) is 6.92 Å². The lowest BCUT2D eigenvalue weighted by atomic mass is 9.91. The summed E-state index contributed by atoms with van der Waals surface area (Å²) < 4.78 is 0. The number of rotatable bonds is 1. The first-order valence-corrected chi connectivity index (χ1v) is 6.66. The molecule has 15 heavy (non-hydrogen) atoms. The van der Waals surface area contributed by atoms with E-state index in [2.05, 4.69) is 31.0 Å². The van der Waals surface area contributed by atoms with Gasteiger partial charge < -0.3 is 5.32 Å². The van der Waals surface area contributed by atoms with Crippen LogP contribution in [0.2, 0.25) is 0 Å². The summed E-state index contributed by atoms with van der Waals surface area (Å²) in [4.78, 5) is 2.76. The number of nitrogens with zero attached hydrogens (tertiary/aromatic N) is 1. The maximum absolute atomic E-state index is 3.62. The lowest BCUT2D eigenvalue weighted by molar-refractivity contribution is 0.0592. The highest BCUT2D eigenvalue weighted by Gasteiger charge is 2.30. The van der Waals surface area contributed by atoms with Gasteiger partial charge in [-0.25, -0.2) is 0 Å². The van der Waals surface area contributed by atoms with E-state index >= 15 is 0 Å². The first-order chi connectivity index (χ1) is 7.16. The second-order valence-electron chi connectivity index (χ2n) is 5.77. The van der Waals surface area contributed by atoms with Crippen LogP contribution in [0.4, 0.5) is 0 Å². The van der Waals surface area contributed by atoms with Crippen molar-refractivity contribution in [3.05, 3.63) is 0 Å². The number of likely N-dealkylation sites (tertiary alicyclic amines) is 1. The predicted octanol–water partition coefficient (Wildman–Crippen LogP) is 2.25. The van der Waals surface area contributed by atoms with Gasteiger partial charge in [0.1, 0.15) is 0 Å². The molecule has 2 aliphatic rings. The molecule has 2 nitrogen and oxygen atoms in total. The molecule has 0 bridgehead atoms. The minimum atomic E-state index is 0.735. The highest BCUT2D eigenvalue weighted by Crippen LogP contribution is 2.26. The van der Waals surface area contributed by atoms with E-state index in [1.165, 1.54) is 38.8 Å². The van der Waals surface area contributed by atoms with Gasteiger partial charge in [0.05, 0.1) is 0 Å². The minimum Gasteiger partial charge on any atom is -0.313 e. The van der Waals surface area contributed by atoms with E-state index < -0.39 is 0 Å². The fourth-order valence-corrected chi connectivity index (χ4v) is 3.10. The average Bonchev–Trinajstić information content (AvgIpc) is 2.23. The van der Waals surface area contributed by atoms with Crippen LogP contribution in [-0.4, -0.2) is 36.1 Å². The summed E-state index contributed by atoms with van der Waals surface area (Å²) >= 11 is 0. The maximum atomic E-state index is 3.62. The molecule has 0 aromatic rings. The van der Waals surface area contributed by atoms with Gasteiger partial charge in [0.15, 0.2) is 0 Å². The Morgan fingerprint density at radius 2 is 1.80 bits per heavy atom. The van der Waals surface area contributed by atoms with E-state index in [-0.39, 0.29) is 0 Å². The first kappa shape index (κ1) is 11.4. The third-order valence-electron chi connectivity index (χ3n) is 4.27. The van der Waals surface area contributed by atoms with Crippen molar-refractivity contribution in [2.24, 2.45) is 5.92 Å². The second kappa shape index (κ2) is 4.84. The molecule has 4 atom stereocenters. The van der Waals surface area contributed by atoms with Gasteiger partial charge >= 0.3 is 0 Å². The molecule has 2 rings (SSSR count). The van der Waals surface area contributed by atoms with Crippen molar-refractivity contribution >= 4 is 0 Å². The lowest BCUT2D eigenvalue weighted by Crippen LogP contribution is -2.54. The highest BCUT2D eigenvalue weighted by molar-refractivity contribution is 4.87. The molecule has 2 heterocycles. The van der Waals surface area contributed by atoms with Crippen LogP contribution in [0.1, 0.15) is 46.5 Å². The first-order valence-electron chi connectivity index (χ1n) is 6.66. The van der Waals surface area contributed by atoms with Gasteiger partial charge in [0.25, 0.3) is 0 Å². The fourth-order valence-electron chi connectivity index (χ4n) is 3.10. The Kier molecular flexibility index (Phi) is 3.68. The van der Waals surface area contributed by atoms with Gasteiger partial charge in [-0.05, 0) is 45.4 Å². The number of hydrogen-bond donors (Lipinski definition) is 1. The van der Waals surface area contributed by atoms with Crippen molar-refractivity contribution in [2.75, 3.05) is 13.1 Å². The summed E-state index contributed by atoms with van der Waals surface area (Å²) in [5, 5.41) is 3.62. The summed E-state index contributed by atoms with van der Waals surface area (Å²) in [5.41, 5.74) is 0.